The van der Waals surface area contributed by atoms with E-state index in [1.165, 1.54) is 8.61 Å². The molecular formula is C13H18N2O4S2. The van der Waals surface area contributed by atoms with E-state index in [0.29, 0.717) is 25.1 Å². The molecule has 2 saturated heterocycles. The molecule has 0 radical (unpaired) electrons. The highest BCUT2D eigenvalue weighted by atomic mass is 32.2. The van der Waals surface area contributed by atoms with Crippen LogP contribution in [0.15, 0.2) is 30.3 Å². The van der Waals surface area contributed by atoms with Crippen molar-refractivity contribution in [1.29, 1.82) is 0 Å². The molecule has 21 heavy (non-hydrogen) atoms. The van der Waals surface area contributed by atoms with Crippen LogP contribution in [0.2, 0.25) is 0 Å². The summed E-state index contributed by atoms with van der Waals surface area (Å²) in [7, 11) is -6.89. The molecule has 8 heteroatoms. The number of para-hydroxylation sites is 1. The van der Waals surface area contributed by atoms with Crippen molar-refractivity contribution in [1.82, 2.24) is 4.31 Å². The quantitative estimate of drug-likeness (QED) is 0.797. The number of hydrogen-bond acceptors (Lipinski definition) is 4. The largest absolute Gasteiger partial charge is 0.270 e. The predicted octanol–water partition coefficient (Wildman–Crippen LogP) is 0.631. The van der Waals surface area contributed by atoms with E-state index in [9.17, 15) is 16.8 Å². The second-order valence-electron chi connectivity index (χ2n) is 5.69. The molecule has 0 bridgehead atoms. The summed E-state index contributed by atoms with van der Waals surface area (Å²) in [6, 6.07) is 8.96. The molecule has 2 aliphatic rings. The molecule has 0 saturated carbocycles. The SMILES string of the molecule is CS(=O)(=O)N1CC[C@]2(CCN(c3ccccc3)S2(=O)=O)C1. The highest BCUT2D eigenvalue weighted by molar-refractivity contribution is 7.94. The Morgan fingerprint density at radius 1 is 1.10 bits per heavy atom. The van der Waals surface area contributed by atoms with Gasteiger partial charge >= 0.3 is 0 Å². The maximum Gasteiger partial charge on any atom is 0.242 e. The summed E-state index contributed by atoms with van der Waals surface area (Å²) in [5, 5.41) is 0. The zero-order valence-electron chi connectivity index (χ0n) is 11.8. The van der Waals surface area contributed by atoms with Gasteiger partial charge in [0.15, 0.2) is 0 Å². The first-order valence-electron chi connectivity index (χ1n) is 6.79. The van der Waals surface area contributed by atoms with E-state index in [4.69, 9.17) is 0 Å². The molecule has 0 aromatic heterocycles. The van der Waals surface area contributed by atoms with E-state index in [2.05, 4.69) is 0 Å². The van der Waals surface area contributed by atoms with Crippen molar-refractivity contribution in [3.05, 3.63) is 30.3 Å². The summed E-state index contributed by atoms with van der Waals surface area (Å²) in [5.41, 5.74) is 0.646. The van der Waals surface area contributed by atoms with Gasteiger partial charge in [-0.2, -0.15) is 0 Å². The third-order valence-electron chi connectivity index (χ3n) is 4.40. The van der Waals surface area contributed by atoms with Crippen LogP contribution >= 0.6 is 0 Å². The molecular weight excluding hydrogens is 312 g/mol. The fourth-order valence-corrected chi connectivity index (χ4v) is 6.36. The van der Waals surface area contributed by atoms with E-state index in [0.717, 1.165) is 6.26 Å². The first kappa shape index (κ1) is 14.8. The van der Waals surface area contributed by atoms with Gasteiger partial charge in [0.1, 0.15) is 4.75 Å². The summed E-state index contributed by atoms with van der Waals surface area (Å²) >= 11 is 0. The molecule has 1 atom stereocenters. The third kappa shape index (κ3) is 2.25. The summed E-state index contributed by atoms with van der Waals surface area (Å²) in [4.78, 5) is 0. The van der Waals surface area contributed by atoms with Gasteiger partial charge in [-0.25, -0.2) is 21.1 Å². The number of anilines is 1. The standard InChI is InChI=1S/C13H18N2O4S2/c1-20(16,17)14-9-7-13(11-14)8-10-15(21(13,18)19)12-5-3-2-4-6-12/h2-6H,7-11H2,1H3/t13-/m0/s1. The van der Waals surface area contributed by atoms with Gasteiger partial charge in [-0.05, 0) is 25.0 Å². The smallest absolute Gasteiger partial charge is 0.242 e. The second-order valence-corrected chi connectivity index (χ2v) is 9.93. The molecule has 0 amide bonds. The molecule has 2 aliphatic heterocycles. The van der Waals surface area contributed by atoms with E-state index in [-0.39, 0.29) is 13.1 Å². The number of hydrogen-bond donors (Lipinski definition) is 0. The Bertz CT molecular complexity index is 746. The van der Waals surface area contributed by atoms with E-state index in [1.54, 1.807) is 24.3 Å². The van der Waals surface area contributed by atoms with Crippen LogP contribution in [-0.4, -0.2) is 51.8 Å². The third-order valence-corrected chi connectivity index (χ3v) is 8.26. The Kier molecular flexibility index (Phi) is 3.30. The van der Waals surface area contributed by atoms with E-state index >= 15 is 0 Å². The summed E-state index contributed by atoms with van der Waals surface area (Å²) in [6.45, 7) is 0.752. The number of benzene rings is 1. The minimum atomic E-state index is -3.55. The topological polar surface area (TPSA) is 74.8 Å². The Hall–Kier alpha value is -1.12. The minimum Gasteiger partial charge on any atom is -0.270 e. The second kappa shape index (κ2) is 4.69. The van der Waals surface area contributed by atoms with Crippen LogP contribution in [-0.2, 0) is 20.0 Å². The maximum absolute atomic E-state index is 12.9. The number of nitrogens with zero attached hydrogens (tertiary/aromatic N) is 2. The average Bonchev–Trinajstić information content (AvgIpc) is 2.95. The molecule has 0 aliphatic carbocycles. The lowest BCUT2D eigenvalue weighted by Gasteiger charge is -2.25. The van der Waals surface area contributed by atoms with Crippen molar-refractivity contribution >= 4 is 25.7 Å². The van der Waals surface area contributed by atoms with Gasteiger partial charge in [-0.3, -0.25) is 4.31 Å². The zero-order valence-corrected chi connectivity index (χ0v) is 13.4. The molecule has 1 aromatic rings. The van der Waals surface area contributed by atoms with Crippen LogP contribution in [0.3, 0.4) is 0 Å². The Labute approximate surface area is 125 Å². The highest BCUT2D eigenvalue weighted by Crippen LogP contribution is 2.43. The fraction of sp³-hybridized carbons (Fsp3) is 0.538. The van der Waals surface area contributed by atoms with Gasteiger partial charge in [0.25, 0.3) is 0 Å². The summed E-state index contributed by atoms with van der Waals surface area (Å²) < 4.78 is 50.8. The molecule has 0 unspecified atom stereocenters. The van der Waals surface area contributed by atoms with Gasteiger partial charge in [-0.15, -0.1) is 0 Å². The monoisotopic (exact) mass is 330 g/mol. The first-order chi connectivity index (χ1) is 9.76. The Morgan fingerprint density at radius 2 is 1.71 bits per heavy atom. The zero-order chi connectivity index (χ0) is 15.3. The van der Waals surface area contributed by atoms with Crippen molar-refractivity contribution in [2.75, 3.05) is 30.2 Å². The number of sulfonamides is 2. The van der Waals surface area contributed by atoms with Gasteiger partial charge in [0.2, 0.25) is 20.0 Å². The Balaban J connectivity index is 1.95. The van der Waals surface area contributed by atoms with Crippen molar-refractivity contribution in [3.8, 4) is 0 Å². The van der Waals surface area contributed by atoms with Crippen molar-refractivity contribution < 1.29 is 16.8 Å². The summed E-state index contributed by atoms with van der Waals surface area (Å²) in [6.07, 6.45) is 1.96. The lowest BCUT2D eigenvalue weighted by Crippen LogP contribution is -2.42. The molecule has 0 N–H and O–H groups in total. The Morgan fingerprint density at radius 3 is 2.29 bits per heavy atom. The predicted molar refractivity (Wildman–Crippen MR) is 81.1 cm³/mol. The lowest BCUT2D eigenvalue weighted by molar-refractivity contribution is 0.463. The molecule has 116 valence electrons. The van der Waals surface area contributed by atoms with Crippen molar-refractivity contribution in [2.45, 2.75) is 17.6 Å². The first-order valence-corrected chi connectivity index (χ1v) is 10.1. The van der Waals surface area contributed by atoms with Crippen molar-refractivity contribution in [3.63, 3.8) is 0 Å². The van der Waals surface area contributed by atoms with Crippen LogP contribution in [0.4, 0.5) is 5.69 Å². The molecule has 1 aromatic carbocycles. The maximum atomic E-state index is 12.9. The fourth-order valence-electron chi connectivity index (χ4n) is 3.16. The van der Waals surface area contributed by atoms with E-state index < -0.39 is 24.8 Å². The van der Waals surface area contributed by atoms with Crippen LogP contribution in [0, 0.1) is 0 Å². The number of rotatable bonds is 2. The normalized spacial score (nSPS) is 29.3. The van der Waals surface area contributed by atoms with Crippen LogP contribution < -0.4 is 4.31 Å². The molecule has 3 rings (SSSR count). The molecule has 2 fully saturated rings. The van der Waals surface area contributed by atoms with Gasteiger partial charge in [0.05, 0.1) is 11.9 Å². The van der Waals surface area contributed by atoms with Gasteiger partial charge in [-0.1, -0.05) is 18.2 Å². The molecule has 1 spiro atoms. The average molecular weight is 330 g/mol. The highest BCUT2D eigenvalue weighted by Gasteiger charge is 2.57. The van der Waals surface area contributed by atoms with Gasteiger partial charge < -0.3 is 0 Å². The molecule has 6 nitrogen and oxygen atoms in total. The lowest BCUT2D eigenvalue weighted by atomic mass is 10.0. The molecule has 2 heterocycles. The summed E-state index contributed by atoms with van der Waals surface area (Å²) in [5.74, 6) is 0. The van der Waals surface area contributed by atoms with Crippen LogP contribution in [0.25, 0.3) is 0 Å². The van der Waals surface area contributed by atoms with Crippen molar-refractivity contribution in [2.24, 2.45) is 0 Å². The minimum absolute atomic E-state index is 0.0670. The van der Waals surface area contributed by atoms with Crippen LogP contribution in [0.1, 0.15) is 12.8 Å². The van der Waals surface area contributed by atoms with E-state index in [1.807, 2.05) is 6.07 Å². The van der Waals surface area contributed by atoms with Crippen LogP contribution in [0.5, 0.6) is 0 Å². The van der Waals surface area contributed by atoms with Gasteiger partial charge in [0, 0.05) is 19.6 Å².